The molecule has 6 heteroatoms. The van der Waals surface area contributed by atoms with E-state index >= 15 is 0 Å². The number of likely N-dealkylation sites (tertiary alicyclic amines) is 1. The largest absolute Gasteiger partial charge is 0.337 e. The third-order valence-electron chi connectivity index (χ3n) is 5.08. The maximum atomic E-state index is 12.4. The second kappa shape index (κ2) is 6.43. The molecule has 1 aromatic rings. The smallest absolute Gasteiger partial charge is 0.319 e. The average molecular weight is 330 g/mol. The maximum Gasteiger partial charge on any atom is 0.319 e. The number of nitrogens with one attached hydrogen (secondary N) is 2. The molecule has 2 unspecified atom stereocenters. The first-order chi connectivity index (χ1) is 11.4. The lowest BCUT2D eigenvalue weighted by Gasteiger charge is -2.20. The van der Waals surface area contributed by atoms with E-state index in [0.717, 1.165) is 18.7 Å². The molecule has 0 spiro atoms. The minimum Gasteiger partial charge on any atom is -0.337 e. The van der Waals surface area contributed by atoms with Gasteiger partial charge in [-0.2, -0.15) is 0 Å². The van der Waals surface area contributed by atoms with E-state index in [0.29, 0.717) is 29.8 Å². The van der Waals surface area contributed by atoms with Gasteiger partial charge in [-0.05, 0) is 31.9 Å². The summed E-state index contributed by atoms with van der Waals surface area (Å²) in [7, 11) is 1.77. The zero-order valence-corrected chi connectivity index (χ0v) is 14.8. The van der Waals surface area contributed by atoms with Gasteiger partial charge in [0.15, 0.2) is 0 Å². The fraction of sp³-hybridized carbons (Fsp3) is 0.556. The van der Waals surface area contributed by atoms with Crippen molar-refractivity contribution in [2.45, 2.75) is 39.4 Å². The summed E-state index contributed by atoms with van der Waals surface area (Å²) in [5.41, 5.74) is 2.29. The Morgan fingerprint density at radius 2 is 2.04 bits per heavy atom. The van der Waals surface area contributed by atoms with Crippen LogP contribution in [0.25, 0.3) is 0 Å². The van der Waals surface area contributed by atoms with Crippen molar-refractivity contribution in [3.8, 4) is 0 Å². The van der Waals surface area contributed by atoms with E-state index in [4.69, 9.17) is 0 Å². The molecule has 0 radical (unpaired) electrons. The van der Waals surface area contributed by atoms with Crippen LogP contribution in [0.2, 0.25) is 0 Å². The molecule has 6 nitrogen and oxygen atoms in total. The van der Waals surface area contributed by atoms with Crippen LogP contribution in [-0.4, -0.2) is 54.0 Å². The molecule has 24 heavy (non-hydrogen) atoms. The molecule has 2 aliphatic rings. The SMILES string of the molecule is CC1CN(C(C)C)CC1NC(=O)Nc1cccc2c1CN(C)C2=O. The first kappa shape index (κ1) is 16.8. The van der Waals surface area contributed by atoms with Crippen LogP contribution in [0.3, 0.4) is 0 Å². The number of carbonyl (C=O) groups is 2. The van der Waals surface area contributed by atoms with E-state index in [-0.39, 0.29) is 18.0 Å². The first-order valence-electron chi connectivity index (χ1n) is 8.55. The van der Waals surface area contributed by atoms with Crippen molar-refractivity contribution in [3.05, 3.63) is 29.3 Å². The van der Waals surface area contributed by atoms with Crippen LogP contribution in [0.15, 0.2) is 18.2 Å². The fourth-order valence-electron chi connectivity index (χ4n) is 3.53. The lowest BCUT2D eigenvalue weighted by Crippen LogP contribution is -2.42. The number of fused-ring (bicyclic) bond motifs is 1. The molecule has 1 aromatic carbocycles. The number of anilines is 1. The van der Waals surface area contributed by atoms with Crippen molar-refractivity contribution in [1.29, 1.82) is 0 Å². The molecular weight excluding hydrogens is 304 g/mol. The summed E-state index contributed by atoms with van der Waals surface area (Å²) < 4.78 is 0. The molecule has 3 amide bonds. The third-order valence-corrected chi connectivity index (χ3v) is 5.08. The van der Waals surface area contributed by atoms with Gasteiger partial charge in [0.05, 0.1) is 0 Å². The number of rotatable bonds is 3. The second-order valence-corrected chi connectivity index (χ2v) is 7.22. The molecular formula is C18H26N4O2. The molecule has 1 fully saturated rings. The van der Waals surface area contributed by atoms with Crippen LogP contribution in [-0.2, 0) is 6.54 Å². The third kappa shape index (κ3) is 3.11. The predicted octanol–water partition coefficient (Wildman–Crippen LogP) is 2.12. The zero-order chi connectivity index (χ0) is 17.4. The summed E-state index contributed by atoms with van der Waals surface area (Å²) in [6, 6.07) is 5.90. The van der Waals surface area contributed by atoms with Gasteiger partial charge in [-0.25, -0.2) is 4.79 Å². The van der Waals surface area contributed by atoms with Gasteiger partial charge in [-0.3, -0.25) is 9.69 Å². The van der Waals surface area contributed by atoms with Crippen molar-refractivity contribution in [2.75, 3.05) is 25.5 Å². The molecule has 0 bridgehead atoms. The van der Waals surface area contributed by atoms with Gasteiger partial charge in [0.25, 0.3) is 5.91 Å². The molecule has 0 aromatic heterocycles. The van der Waals surface area contributed by atoms with Crippen LogP contribution in [0.5, 0.6) is 0 Å². The van der Waals surface area contributed by atoms with Crippen LogP contribution in [0.1, 0.15) is 36.7 Å². The van der Waals surface area contributed by atoms with E-state index in [1.807, 2.05) is 18.2 Å². The minimum absolute atomic E-state index is 0.00560. The topological polar surface area (TPSA) is 64.7 Å². The Balaban J connectivity index is 1.66. The minimum atomic E-state index is -0.201. The van der Waals surface area contributed by atoms with Gasteiger partial charge in [0, 0.05) is 55.6 Å². The van der Waals surface area contributed by atoms with Crippen molar-refractivity contribution in [3.63, 3.8) is 0 Å². The van der Waals surface area contributed by atoms with Gasteiger partial charge in [0.2, 0.25) is 0 Å². The monoisotopic (exact) mass is 330 g/mol. The van der Waals surface area contributed by atoms with Gasteiger partial charge in [0.1, 0.15) is 0 Å². The predicted molar refractivity (Wildman–Crippen MR) is 94.1 cm³/mol. The first-order valence-corrected chi connectivity index (χ1v) is 8.55. The highest BCUT2D eigenvalue weighted by molar-refractivity contribution is 6.01. The second-order valence-electron chi connectivity index (χ2n) is 7.22. The number of urea groups is 1. The summed E-state index contributed by atoms with van der Waals surface area (Å²) in [5, 5.41) is 6.01. The zero-order valence-electron chi connectivity index (χ0n) is 14.8. The summed E-state index contributed by atoms with van der Waals surface area (Å²) >= 11 is 0. The van der Waals surface area contributed by atoms with E-state index < -0.39 is 0 Å². The highest BCUT2D eigenvalue weighted by atomic mass is 16.2. The Hall–Kier alpha value is -2.08. The average Bonchev–Trinajstić information content (AvgIpc) is 3.02. The molecule has 2 aliphatic heterocycles. The molecule has 1 saturated heterocycles. The van der Waals surface area contributed by atoms with Crippen molar-refractivity contribution < 1.29 is 9.59 Å². The van der Waals surface area contributed by atoms with Gasteiger partial charge in [-0.1, -0.05) is 13.0 Å². The molecule has 130 valence electrons. The van der Waals surface area contributed by atoms with E-state index in [2.05, 4.69) is 36.3 Å². The maximum absolute atomic E-state index is 12.4. The molecule has 3 rings (SSSR count). The van der Waals surface area contributed by atoms with Crippen LogP contribution >= 0.6 is 0 Å². The van der Waals surface area contributed by atoms with E-state index in [1.54, 1.807) is 11.9 Å². The number of benzene rings is 1. The highest BCUT2D eigenvalue weighted by Gasteiger charge is 2.32. The Morgan fingerprint density at radius 1 is 1.29 bits per heavy atom. The Kier molecular flexibility index (Phi) is 4.49. The van der Waals surface area contributed by atoms with Crippen molar-refractivity contribution in [2.24, 2.45) is 5.92 Å². The number of nitrogens with zero attached hydrogens (tertiary/aromatic N) is 2. The van der Waals surface area contributed by atoms with E-state index in [1.165, 1.54) is 0 Å². The number of hydrogen-bond donors (Lipinski definition) is 2. The lowest BCUT2D eigenvalue weighted by molar-refractivity contribution is 0.0816. The molecule has 0 saturated carbocycles. The Morgan fingerprint density at radius 3 is 2.71 bits per heavy atom. The summed E-state index contributed by atoms with van der Waals surface area (Å²) in [5.74, 6) is 0.429. The summed E-state index contributed by atoms with van der Waals surface area (Å²) in [6.07, 6.45) is 0. The molecule has 0 aliphatic carbocycles. The quantitative estimate of drug-likeness (QED) is 0.892. The number of amides is 3. The number of hydrogen-bond acceptors (Lipinski definition) is 3. The standard InChI is InChI=1S/C18H26N4O2/c1-11(2)22-8-12(3)16(10-22)20-18(24)19-15-7-5-6-13-14(15)9-21(4)17(13)23/h5-7,11-12,16H,8-10H2,1-4H3,(H2,19,20,24). The number of carbonyl (C=O) groups excluding carboxylic acids is 2. The molecule has 2 heterocycles. The molecule has 2 atom stereocenters. The lowest BCUT2D eigenvalue weighted by atomic mass is 10.1. The van der Waals surface area contributed by atoms with Crippen molar-refractivity contribution >= 4 is 17.6 Å². The summed E-state index contributed by atoms with van der Waals surface area (Å²) in [4.78, 5) is 28.5. The normalized spacial score (nSPS) is 23.7. The van der Waals surface area contributed by atoms with Gasteiger partial charge >= 0.3 is 6.03 Å². The van der Waals surface area contributed by atoms with Gasteiger partial charge < -0.3 is 15.5 Å². The van der Waals surface area contributed by atoms with Gasteiger partial charge in [-0.15, -0.1) is 0 Å². The fourth-order valence-corrected chi connectivity index (χ4v) is 3.53. The van der Waals surface area contributed by atoms with Crippen LogP contribution < -0.4 is 10.6 Å². The Bertz CT molecular complexity index is 658. The van der Waals surface area contributed by atoms with Crippen LogP contribution in [0.4, 0.5) is 10.5 Å². The highest BCUT2D eigenvalue weighted by Crippen LogP contribution is 2.28. The van der Waals surface area contributed by atoms with Crippen molar-refractivity contribution in [1.82, 2.24) is 15.1 Å². The molecule has 2 N–H and O–H groups in total. The van der Waals surface area contributed by atoms with E-state index in [9.17, 15) is 9.59 Å². The van der Waals surface area contributed by atoms with Crippen LogP contribution in [0, 0.1) is 5.92 Å². The summed E-state index contributed by atoms with van der Waals surface area (Å²) in [6.45, 7) is 8.93. The Labute approximate surface area is 143 Å².